The summed E-state index contributed by atoms with van der Waals surface area (Å²) in [7, 11) is 0. The molecule has 3 unspecified atom stereocenters. The number of nitrogens with one attached hydrogen (secondary N) is 1. The van der Waals surface area contributed by atoms with Gasteiger partial charge in [-0.2, -0.15) is 0 Å². The van der Waals surface area contributed by atoms with E-state index >= 15 is 0 Å². The van der Waals surface area contributed by atoms with Gasteiger partial charge in [-0.05, 0) is 31.6 Å². The Morgan fingerprint density at radius 2 is 2.05 bits per heavy atom. The van der Waals surface area contributed by atoms with Crippen LogP contribution >= 0.6 is 24.0 Å². The maximum absolute atomic E-state index is 6.05. The summed E-state index contributed by atoms with van der Waals surface area (Å²) in [6.07, 6.45) is 6.84. The van der Waals surface area contributed by atoms with Gasteiger partial charge in [-0.3, -0.25) is 4.99 Å². The maximum Gasteiger partial charge on any atom is 0.188 e. The molecule has 1 saturated heterocycles. The van der Waals surface area contributed by atoms with Crippen LogP contribution in [0.2, 0.25) is 0 Å². The first-order chi connectivity index (χ1) is 9.09. The number of hydrogen-bond donors (Lipinski definition) is 2. The monoisotopic (exact) mass is 393 g/mol. The Kier molecular flexibility index (Phi) is 5.21. The minimum Gasteiger partial charge on any atom is -0.377 e. The summed E-state index contributed by atoms with van der Waals surface area (Å²) in [5, 5.41) is 3.46. The first-order valence-electron chi connectivity index (χ1n) is 7.77. The number of fused-ring (bicyclic) bond motifs is 1. The SMILES string of the molecule is CC1(C)C(NC(N)=NCC2CCC2)C2CCCOC21.I. The molecule has 3 fully saturated rings. The van der Waals surface area contributed by atoms with Crippen LogP contribution in [0.15, 0.2) is 4.99 Å². The molecule has 0 aromatic rings. The van der Waals surface area contributed by atoms with E-state index in [0.29, 0.717) is 24.0 Å². The largest absolute Gasteiger partial charge is 0.377 e. The third kappa shape index (κ3) is 2.93. The van der Waals surface area contributed by atoms with E-state index in [1.54, 1.807) is 0 Å². The number of rotatable bonds is 3. The highest BCUT2D eigenvalue weighted by Gasteiger charge is 2.58. The van der Waals surface area contributed by atoms with Crippen molar-refractivity contribution < 1.29 is 4.74 Å². The van der Waals surface area contributed by atoms with E-state index in [1.807, 2.05) is 0 Å². The highest BCUT2D eigenvalue weighted by Crippen LogP contribution is 2.51. The number of aliphatic imine (C=N–C) groups is 1. The van der Waals surface area contributed by atoms with Gasteiger partial charge in [0.05, 0.1) is 6.10 Å². The number of nitrogens with two attached hydrogens (primary N) is 1. The number of hydrogen-bond acceptors (Lipinski definition) is 2. The van der Waals surface area contributed by atoms with Crippen LogP contribution in [0.5, 0.6) is 0 Å². The molecule has 20 heavy (non-hydrogen) atoms. The molecule has 0 aromatic heterocycles. The minimum absolute atomic E-state index is 0. The molecule has 3 N–H and O–H groups in total. The summed E-state index contributed by atoms with van der Waals surface area (Å²) in [5.74, 6) is 2.02. The number of halogens is 1. The fourth-order valence-electron chi connectivity index (χ4n) is 3.92. The smallest absolute Gasteiger partial charge is 0.188 e. The molecule has 0 aromatic carbocycles. The van der Waals surface area contributed by atoms with Gasteiger partial charge in [0.2, 0.25) is 0 Å². The highest BCUT2D eigenvalue weighted by molar-refractivity contribution is 14.0. The molecule has 1 heterocycles. The third-order valence-corrected chi connectivity index (χ3v) is 5.38. The Bertz CT molecular complexity index is 368. The molecule has 0 amide bonds. The van der Waals surface area contributed by atoms with Gasteiger partial charge in [0.1, 0.15) is 0 Å². The molecular formula is C15H28IN3O. The normalized spacial score (nSPS) is 36.1. The molecule has 1 aliphatic heterocycles. The molecule has 3 aliphatic rings. The van der Waals surface area contributed by atoms with E-state index in [4.69, 9.17) is 10.5 Å². The maximum atomic E-state index is 6.05. The average molecular weight is 393 g/mol. The van der Waals surface area contributed by atoms with Crippen LogP contribution in [0.4, 0.5) is 0 Å². The summed E-state index contributed by atoms with van der Waals surface area (Å²) in [4.78, 5) is 4.51. The van der Waals surface area contributed by atoms with Crippen molar-refractivity contribution in [2.75, 3.05) is 13.2 Å². The fourth-order valence-corrected chi connectivity index (χ4v) is 3.92. The Morgan fingerprint density at radius 3 is 2.70 bits per heavy atom. The molecule has 0 radical (unpaired) electrons. The van der Waals surface area contributed by atoms with Gasteiger partial charge in [-0.25, -0.2) is 0 Å². The zero-order valence-corrected chi connectivity index (χ0v) is 14.9. The summed E-state index contributed by atoms with van der Waals surface area (Å²) in [5.41, 5.74) is 6.22. The number of nitrogens with zero attached hydrogens (tertiary/aromatic N) is 1. The quantitative estimate of drug-likeness (QED) is 0.440. The molecular weight excluding hydrogens is 365 g/mol. The second-order valence-corrected chi connectivity index (χ2v) is 7.06. The lowest BCUT2D eigenvalue weighted by Crippen LogP contribution is -2.70. The van der Waals surface area contributed by atoms with E-state index in [9.17, 15) is 0 Å². The van der Waals surface area contributed by atoms with Crippen molar-refractivity contribution in [2.24, 2.45) is 28.0 Å². The average Bonchev–Trinajstić information content (AvgIpc) is 2.34. The summed E-state index contributed by atoms with van der Waals surface area (Å²) in [6, 6.07) is 0.419. The van der Waals surface area contributed by atoms with Gasteiger partial charge in [0.15, 0.2) is 5.96 Å². The zero-order valence-electron chi connectivity index (χ0n) is 12.6. The molecule has 116 valence electrons. The predicted molar refractivity (Wildman–Crippen MR) is 92.4 cm³/mol. The van der Waals surface area contributed by atoms with Gasteiger partial charge in [0, 0.05) is 30.5 Å². The molecule has 3 atom stereocenters. The van der Waals surface area contributed by atoms with E-state index in [1.165, 1.54) is 32.1 Å². The lowest BCUT2D eigenvalue weighted by Gasteiger charge is -2.60. The zero-order chi connectivity index (χ0) is 13.5. The molecule has 0 bridgehead atoms. The topological polar surface area (TPSA) is 59.6 Å². The van der Waals surface area contributed by atoms with Gasteiger partial charge in [0.25, 0.3) is 0 Å². The van der Waals surface area contributed by atoms with Crippen LogP contribution in [0, 0.1) is 17.3 Å². The summed E-state index contributed by atoms with van der Waals surface area (Å²) < 4.78 is 5.91. The first kappa shape index (κ1) is 16.3. The van der Waals surface area contributed by atoms with Crippen molar-refractivity contribution in [3.8, 4) is 0 Å². The van der Waals surface area contributed by atoms with Crippen molar-refractivity contribution in [1.82, 2.24) is 5.32 Å². The Labute approximate surface area is 139 Å². The molecule has 2 aliphatic carbocycles. The van der Waals surface area contributed by atoms with Crippen LogP contribution in [0.3, 0.4) is 0 Å². The van der Waals surface area contributed by atoms with Crippen LogP contribution < -0.4 is 11.1 Å². The van der Waals surface area contributed by atoms with E-state index < -0.39 is 0 Å². The molecule has 4 nitrogen and oxygen atoms in total. The van der Waals surface area contributed by atoms with Crippen LogP contribution in [-0.2, 0) is 4.74 Å². The standard InChI is InChI=1S/C15H27N3O.HI/c1-15(2)12(11-7-4-8-19-13(11)15)18-14(16)17-9-10-5-3-6-10;/h10-13H,3-9H2,1-2H3,(H3,16,17,18);1H. The van der Waals surface area contributed by atoms with Crippen molar-refractivity contribution in [3.05, 3.63) is 0 Å². The second kappa shape index (κ2) is 6.38. The van der Waals surface area contributed by atoms with E-state index in [0.717, 1.165) is 19.1 Å². The molecule has 5 heteroatoms. The predicted octanol–water partition coefficient (Wildman–Crippen LogP) is 2.51. The van der Waals surface area contributed by atoms with Gasteiger partial charge in [-0.1, -0.05) is 20.3 Å². The molecule has 3 rings (SSSR count). The fraction of sp³-hybridized carbons (Fsp3) is 0.933. The van der Waals surface area contributed by atoms with Crippen LogP contribution in [-0.4, -0.2) is 31.3 Å². The van der Waals surface area contributed by atoms with Gasteiger partial charge in [-0.15, -0.1) is 24.0 Å². The summed E-state index contributed by atoms with van der Waals surface area (Å²) >= 11 is 0. The van der Waals surface area contributed by atoms with Crippen molar-refractivity contribution in [3.63, 3.8) is 0 Å². The second-order valence-electron chi connectivity index (χ2n) is 7.06. The van der Waals surface area contributed by atoms with Crippen molar-refractivity contribution in [2.45, 2.75) is 58.1 Å². The number of ether oxygens (including phenoxy) is 1. The third-order valence-electron chi connectivity index (χ3n) is 5.38. The van der Waals surface area contributed by atoms with E-state index in [-0.39, 0.29) is 29.4 Å². The van der Waals surface area contributed by atoms with Crippen LogP contribution in [0.1, 0.15) is 46.0 Å². The highest BCUT2D eigenvalue weighted by atomic mass is 127. The molecule has 0 spiro atoms. The van der Waals surface area contributed by atoms with Crippen molar-refractivity contribution in [1.29, 1.82) is 0 Å². The van der Waals surface area contributed by atoms with Gasteiger partial charge >= 0.3 is 0 Å². The Balaban J connectivity index is 0.00000147. The minimum atomic E-state index is 0. The Hall–Kier alpha value is -0.0400. The van der Waals surface area contributed by atoms with Crippen molar-refractivity contribution >= 4 is 29.9 Å². The number of guanidine groups is 1. The lowest BCUT2D eigenvalue weighted by molar-refractivity contribution is -0.188. The molecule has 2 saturated carbocycles. The Morgan fingerprint density at radius 1 is 1.30 bits per heavy atom. The van der Waals surface area contributed by atoms with Crippen LogP contribution in [0.25, 0.3) is 0 Å². The van der Waals surface area contributed by atoms with Gasteiger partial charge < -0.3 is 15.8 Å². The first-order valence-corrected chi connectivity index (χ1v) is 7.77. The summed E-state index contributed by atoms with van der Waals surface area (Å²) in [6.45, 7) is 6.37. The van der Waals surface area contributed by atoms with E-state index in [2.05, 4.69) is 24.2 Å². The lowest BCUT2D eigenvalue weighted by atomic mass is 9.55.